The van der Waals surface area contributed by atoms with Crippen molar-refractivity contribution in [3.05, 3.63) is 39.7 Å². The average molecular weight is 460 g/mol. The number of anilines is 2. The number of halogens is 1. The Morgan fingerprint density at radius 1 is 1.23 bits per heavy atom. The van der Waals surface area contributed by atoms with Crippen LogP contribution in [-0.2, 0) is 17.6 Å². The molecule has 0 fully saturated rings. The number of carbonyl (C=O) groups excluding carboxylic acids is 1. The van der Waals surface area contributed by atoms with Crippen LogP contribution < -0.4 is 16.6 Å². The van der Waals surface area contributed by atoms with Crippen molar-refractivity contribution >= 4 is 68.1 Å². The van der Waals surface area contributed by atoms with Crippen LogP contribution in [0.5, 0.6) is 0 Å². The molecule has 1 aliphatic rings. The Bertz CT molecular complexity index is 1250. The predicted molar refractivity (Wildman–Crippen MR) is 121 cm³/mol. The van der Waals surface area contributed by atoms with E-state index in [0.717, 1.165) is 28.7 Å². The van der Waals surface area contributed by atoms with Gasteiger partial charge in [0.05, 0.1) is 11.1 Å². The fraction of sp³-hybridized carbons (Fsp3) is 0.263. The third kappa shape index (κ3) is 3.49. The first-order chi connectivity index (χ1) is 14.6. The maximum Gasteiger partial charge on any atom is 0.234 e. The van der Waals surface area contributed by atoms with E-state index in [1.807, 2.05) is 0 Å². The number of fused-ring (bicyclic) bond motifs is 5. The van der Waals surface area contributed by atoms with Crippen LogP contribution in [0.4, 0.5) is 11.6 Å². The van der Waals surface area contributed by atoms with Crippen LogP contribution in [-0.4, -0.2) is 31.2 Å². The van der Waals surface area contributed by atoms with Crippen LogP contribution in [0.15, 0.2) is 29.4 Å². The van der Waals surface area contributed by atoms with Gasteiger partial charge in [-0.1, -0.05) is 23.4 Å². The van der Waals surface area contributed by atoms with Crippen LogP contribution in [0.1, 0.15) is 23.3 Å². The standard InChI is InChI=1S/C19H18ClN7OS2/c20-10-5-7-11(8-6-10)22-14(28)9-29-19-26-25-16-15-12-3-1-2-4-13(12)30-17(15)23-18(24-21)27(16)19/h5-8H,1-4,9,21H2,(H,22,28)(H,23,24). The molecular weight excluding hydrogens is 442 g/mol. The summed E-state index contributed by atoms with van der Waals surface area (Å²) >= 11 is 8.87. The van der Waals surface area contributed by atoms with E-state index in [9.17, 15) is 4.79 Å². The molecule has 4 N–H and O–H groups in total. The minimum Gasteiger partial charge on any atom is -0.325 e. The average Bonchev–Trinajstić information content (AvgIpc) is 3.34. The van der Waals surface area contributed by atoms with Gasteiger partial charge >= 0.3 is 0 Å². The molecule has 0 aliphatic heterocycles. The highest BCUT2D eigenvalue weighted by Gasteiger charge is 2.23. The van der Waals surface area contributed by atoms with E-state index in [2.05, 4.69) is 20.9 Å². The number of thioether (sulfide) groups is 1. The Balaban J connectivity index is 1.44. The lowest BCUT2D eigenvalue weighted by Gasteiger charge is -2.11. The van der Waals surface area contributed by atoms with Gasteiger partial charge in [0.2, 0.25) is 11.9 Å². The Morgan fingerprint density at radius 2 is 2.03 bits per heavy atom. The lowest BCUT2D eigenvalue weighted by atomic mass is 9.97. The molecule has 0 saturated carbocycles. The van der Waals surface area contributed by atoms with Crippen LogP contribution in [0, 0.1) is 0 Å². The number of rotatable bonds is 5. The number of nitrogens with two attached hydrogens (primary N) is 1. The molecule has 0 radical (unpaired) electrons. The van der Waals surface area contributed by atoms with E-state index >= 15 is 0 Å². The molecule has 1 amide bonds. The van der Waals surface area contributed by atoms with E-state index in [1.54, 1.807) is 40.0 Å². The number of amides is 1. The van der Waals surface area contributed by atoms with E-state index in [0.29, 0.717) is 21.8 Å². The van der Waals surface area contributed by atoms with Gasteiger partial charge < -0.3 is 5.32 Å². The topological polar surface area (TPSA) is 110 Å². The second-order valence-corrected chi connectivity index (χ2v) is 9.42. The molecule has 1 aromatic carbocycles. The summed E-state index contributed by atoms with van der Waals surface area (Å²) in [7, 11) is 0. The molecule has 1 aliphatic carbocycles. The molecule has 0 saturated heterocycles. The quantitative estimate of drug-likeness (QED) is 0.236. The number of carbonyl (C=O) groups is 1. The summed E-state index contributed by atoms with van der Waals surface area (Å²) in [6, 6.07) is 6.98. The van der Waals surface area contributed by atoms with Crippen LogP contribution >= 0.6 is 34.7 Å². The molecule has 0 atom stereocenters. The van der Waals surface area contributed by atoms with Crippen molar-refractivity contribution in [2.24, 2.45) is 5.84 Å². The maximum absolute atomic E-state index is 12.4. The lowest BCUT2D eigenvalue weighted by Crippen LogP contribution is -2.15. The lowest BCUT2D eigenvalue weighted by molar-refractivity contribution is -0.113. The molecule has 11 heteroatoms. The number of hydrazine groups is 1. The first-order valence-corrected chi connectivity index (χ1v) is 11.7. The number of aromatic nitrogens is 4. The van der Waals surface area contributed by atoms with E-state index in [4.69, 9.17) is 22.4 Å². The third-order valence-corrected chi connectivity index (χ3v) is 7.38. The fourth-order valence-corrected chi connectivity index (χ4v) is 5.80. The second kappa shape index (κ2) is 8.03. The highest BCUT2D eigenvalue weighted by atomic mass is 35.5. The van der Waals surface area contributed by atoms with E-state index < -0.39 is 0 Å². The first kappa shape index (κ1) is 19.6. The molecular formula is C19H18ClN7OS2. The van der Waals surface area contributed by atoms with Gasteiger partial charge in [-0.2, -0.15) is 0 Å². The number of nitrogens with one attached hydrogen (secondary N) is 2. The summed E-state index contributed by atoms with van der Waals surface area (Å²) in [5.74, 6) is 6.23. The van der Waals surface area contributed by atoms with Crippen LogP contribution in [0.3, 0.4) is 0 Å². The normalized spacial score (nSPS) is 13.5. The van der Waals surface area contributed by atoms with Crippen molar-refractivity contribution in [2.75, 3.05) is 16.5 Å². The molecule has 3 aromatic heterocycles. The number of thiophene rings is 1. The summed E-state index contributed by atoms with van der Waals surface area (Å²) in [5.41, 5.74) is 5.40. The van der Waals surface area contributed by atoms with Crippen LogP contribution in [0.2, 0.25) is 5.02 Å². The van der Waals surface area contributed by atoms with Crippen molar-refractivity contribution in [3.63, 3.8) is 0 Å². The first-order valence-electron chi connectivity index (χ1n) is 9.48. The molecule has 4 aromatic rings. The highest BCUT2D eigenvalue weighted by molar-refractivity contribution is 7.99. The summed E-state index contributed by atoms with van der Waals surface area (Å²) in [4.78, 5) is 19.4. The molecule has 3 heterocycles. The smallest absolute Gasteiger partial charge is 0.234 e. The van der Waals surface area contributed by atoms with Gasteiger partial charge in [0.1, 0.15) is 4.83 Å². The van der Waals surface area contributed by atoms with Gasteiger partial charge in [-0.25, -0.2) is 15.2 Å². The predicted octanol–water partition coefficient (Wildman–Crippen LogP) is 3.89. The monoisotopic (exact) mass is 459 g/mol. The van der Waals surface area contributed by atoms with Crippen molar-refractivity contribution in [2.45, 2.75) is 30.8 Å². The number of aryl methyl sites for hydroxylation is 2. The van der Waals surface area contributed by atoms with Gasteiger partial charge in [-0.05, 0) is 55.5 Å². The van der Waals surface area contributed by atoms with Gasteiger partial charge in [-0.15, -0.1) is 21.5 Å². The van der Waals surface area contributed by atoms with Gasteiger partial charge in [-0.3, -0.25) is 10.2 Å². The van der Waals surface area contributed by atoms with Crippen LogP contribution in [0.25, 0.3) is 15.9 Å². The Labute approximate surface area is 185 Å². The Morgan fingerprint density at radius 3 is 2.83 bits per heavy atom. The summed E-state index contributed by atoms with van der Waals surface area (Å²) in [6.07, 6.45) is 4.48. The number of nitrogens with zero attached hydrogens (tertiary/aromatic N) is 4. The van der Waals surface area contributed by atoms with Gasteiger partial charge in [0, 0.05) is 15.6 Å². The molecule has 8 nitrogen and oxygen atoms in total. The molecule has 30 heavy (non-hydrogen) atoms. The number of hydrogen-bond donors (Lipinski definition) is 3. The van der Waals surface area contributed by atoms with Crippen molar-refractivity contribution in [1.82, 2.24) is 19.6 Å². The zero-order valence-electron chi connectivity index (χ0n) is 15.8. The van der Waals surface area contributed by atoms with Crippen molar-refractivity contribution < 1.29 is 4.79 Å². The SMILES string of the molecule is NNc1nc2sc3c(c2c2nnc(SCC(=O)Nc4ccc(Cl)cc4)n12)CCCC3. The summed E-state index contributed by atoms with van der Waals surface area (Å²) in [6.45, 7) is 0. The fourth-order valence-electron chi connectivity index (χ4n) is 3.68. The molecule has 5 rings (SSSR count). The molecule has 154 valence electrons. The minimum atomic E-state index is -0.150. The zero-order valence-corrected chi connectivity index (χ0v) is 18.2. The zero-order chi connectivity index (χ0) is 20.7. The van der Waals surface area contributed by atoms with Crippen molar-refractivity contribution in [1.29, 1.82) is 0 Å². The molecule has 0 unspecified atom stereocenters. The highest BCUT2D eigenvalue weighted by Crippen LogP contribution is 2.38. The molecule has 0 spiro atoms. The third-order valence-electron chi connectivity index (χ3n) is 5.02. The number of nitrogen functional groups attached to an aromatic ring is 1. The number of benzene rings is 1. The number of hydrogen-bond acceptors (Lipinski definition) is 8. The Hall–Kier alpha value is -2.40. The second-order valence-electron chi connectivity index (χ2n) is 6.96. The van der Waals surface area contributed by atoms with E-state index in [1.165, 1.54) is 35.0 Å². The summed E-state index contributed by atoms with van der Waals surface area (Å²) < 4.78 is 1.80. The van der Waals surface area contributed by atoms with E-state index in [-0.39, 0.29) is 11.7 Å². The minimum absolute atomic E-state index is 0.150. The van der Waals surface area contributed by atoms with Gasteiger partial charge in [0.25, 0.3) is 0 Å². The maximum atomic E-state index is 12.4. The largest absolute Gasteiger partial charge is 0.325 e. The van der Waals surface area contributed by atoms with Crippen molar-refractivity contribution in [3.8, 4) is 0 Å². The molecule has 0 bridgehead atoms. The Kier molecular flexibility index (Phi) is 5.23. The van der Waals surface area contributed by atoms with Gasteiger partial charge in [0.15, 0.2) is 10.8 Å². The summed E-state index contributed by atoms with van der Waals surface area (Å²) in [5, 5.41) is 13.8.